The molecule has 150 valence electrons. The summed E-state index contributed by atoms with van der Waals surface area (Å²) < 4.78 is 16.9. The van der Waals surface area contributed by atoms with Crippen LogP contribution in [0.3, 0.4) is 0 Å². The van der Waals surface area contributed by atoms with Crippen molar-refractivity contribution in [2.75, 3.05) is 13.7 Å². The van der Waals surface area contributed by atoms with Gasteiger partial charge in [0.05, 0.1) is 7.11 Å². The first-order chi connectivity index (χ1) is 14.5. The van der Waals surface area contributed by atoms with Gasteiger partial charge in [0.2, 0.25) is 0 Å². The second kappa shape index (κ2) is 7.41. The highest BCUT2D eigenvalue weighted by Crippen LogP contribution is 2.33. The summed E-state index contributed by atoms with van der Waals surface area (Å²) in [6.45, 7) is 3.45. The number of ether oxygens (including phenoxy) is 1. The number of rotatable bonds is 4. The van der Waals surface area contributed by atoms with E-state index in [4.69, 9.17) is 13.6 Å². The molecule has 30 heavy (non-hydrogen) atoms. The van der Waals surface area contributed by atoms with Crippen molar-refractivity contribution in [2.45, 2.75) is 13.8 Å². The molecule has 0 atom stereocenters. The molecule has 0 spiro atoms. The zero-order valence-corrected chi connectivity index (χ0v) is 16.7. The van der Waals surface area contributed by atoms with Crippen molar-refractivity contribution >= 4 is 29.1 Å². The monoisotopic (exact) mass is 402 g/mol. The zero-order valence-electron chi connectivity index (χ0n) is 16.7. The molecule has 1 aromatic carbocycles. The highest BCUT2D eigenvalue weighted by atomic mass is 16.5. The Hall–Kier alpha value is -4.05. The quantitative estimate of drug-likeness (QED) is 0.476. The standard InChI is InChI=1S/C23H18N2O5/c1-4-25-22(26)17(13(2)18(12-24)23(25)27)9-16-10-20-21(29-16)11-19(30-20)14-5-7-15(28-3)8-6-14/h5-11H,4H2,1-3H3/b17-9-. The van der Waals surface area contributed by atoms with Crippen LogP contribution in [0.5, 0.6) is 5.75 Å². The van der Waals surface area contributed by atoms with Gasteiger partial charge < -0.3 is 13.6 Å². The number of methoxy groups -OCH3 is 1. The molecule has 2 aromatic heterocycles. The third-order valence-electron chi connectivity index (χ3n) is 5.03. The second-order valence-electron chi connectivity index (χ2n) is 6.74. The van der Waals surface area contributed by atoms with Gasteiger partial charge in [0.1, 0.15) is 28.9 Å². The molecule has 1 aliphatic heterocycles. The SMILES string of the molecule is CCN1C(=O)C(C#N)=C(C)/C(=C/c2cc3oc(-c4ccc(OC)cc4)cc3o2)C1=O. The fourth-order valence-electron chi connectivity index (χ4n) is 3.38. The van der Waals surface area contributed by atoms with E-state index in [9.17, 15) is 14.9 Å². The molecule has 0 N–H and O–H groups in total. The van der Waals surface area contributed by atoms with E-state index in [1.807, 2.05) is 30.3 Å². The van der Waals surface area contributed by atoms with Gasteiger partial charge in [-0.2, -0.15) is 5.26 Å². The van der Waals surface area contributed by atoms with Crippen molar-refractivity contribution < 1.29 is 23.2 Å². The van der Waals surface area contributed by atoms with Crippen LogP contribution in [-0.2, 0) is 9.59 Å². The molecule has 1 aliphatic rings. The van der Waals surface area contributed by atoms with Crippen molar-refractivity contribution in [2.24, 2.45) is 0 Å². The van der Waals surface area contributed by atoms with Crippen LogP contribution in [0.2, 0.25) is 0 Å². The third kappa shape index (κ3) is 3.08. The second-order valence-corrected chi connectivity index (χ2v) is 6.74. The zero-order chi connectivity index (χ0) is 21.4. The average Bonchev–Trinajstić information content (AvgIpc) is 3.31. The minimum absolute atomic E-state index is 0.0419. The maximum Gasteiger partial charge on any atom is 0.271 e. The highest BCUT2D eigenvalue weighted by Gasteiger charge is 2.34. The van der Waals surface area contributed by atoms with Crippen LogP contribution in [0.1, 0.15) is 19.6 Å². The minimum atomic E-state index is -0.572. The Balaban J connectivity index is 1.71. The van der Waals surface area contributed by atoms with Gasteiger partial charge in [0.15, 0.2) is 11.2 Å². The summed E-state index contributed by atoms with van der Waals surface area (Å²) in [6, 6.07) is 12.8. The Morgan fingerprint density at radius 2 is 1.80 bits per heavy atom. The van der Waals surface area contributed by atoms with Gasteiger partial charge in [-0.25, -0.2) is 0 Å². The van der Waals surface area contributed by atoms with Gasteiger partial charge in [0, 0.05) is 29.8 Å². The van der Waals surface area contributed by atoms with Crippen LogP contribution in [0.4, 0.5) is 0 Å². The van der Waals surface area contributed by atoms with Crippen LogP contribution in [0.25, 0.3) is 28.6 Å². The van der Waals surface area contributed by atoms with Crippen molar-refractivity contribution in [3.63, 3.8) is 0 Å². The number of fused-ring (bicyclic) bond motifs is 1. The molecule has 0 unspecified atom stereocenters. The molecule has 7 nitrogen and oxygen atoms in total. The predicted octanol–water partition coefficient (Wildman–Crippen LogP) is 4.31. The Labute approximate surface area is 172 Å². The van der Waals surface area contributed by atoms with Crippen molar-refractivity contribution in [1.29, 1.82) is 5.26 Å². The first-order valence-electron chi connectivity index (χ1n) is 9.33. The topological polar surface area (TPSA) is 96.7 Å². The Bertz CT molecular complexity index is 1230. The largest absolute Gasteiger partial charge is 0.497 e. The van der Waals surface area contributed by atoms with Crippen molar-refractivity contribution in [1.82, 2.24) is 4.90 Å². The number of imide groups is 1. The van der Waals surface area contributed by atoms with E-state index >= 15 is 0 Å². The molecule has 4 rings (SSSR count). The number of carbonyl (C=O) groups excluding carboxylic acids is 2. The highest BCUT2D eigenvalue weighted by molar-refractivity contribution is 6.19. The van der Waals surface area contributed by atoms with E-state index in [2.05, 4.69) is 0 Å². The lowest BCUT2D eigenvalue weighted by molar-refractivity contribution is -0.140. The molecule has 0 aliphatic carbocycles. The van der Waals surface area contributed by atoms with Gasteiger partial charge in [0.25, 0.3) is 11.8 Å². The summed E-state index contributed by atoms with van der Waals surface area (Å²) >= 11 is 0. The lowest BCUT2D eigenvalue weighted by Crippen LogP contribution is -2.42. The van der Waals surface area contributed by atoms with Crippen LogP contribution < -0.4 is 4.74 Å². The first kappa shape index (κ1) is 19.3. The number of hydrogen-bond acceptors (Lipinski definition) is 6. The van der Waals surface area contributed by atoms with Crippen LogP contribution in [-0.4, -0.2) is 30.4 Å². The van der Waals surface area contributed by atoms with E-state index < -0.39 is 11.8 Å². The molecule has 0 bridgehead atoms. The third-order valence-corrected chi connectivity index (χ3v) is 5.03. The number of nitriles is 1. The Kier molecular flexibility index (Phi) is 4.76. The van der Waals surface area contributed by atoms with E-state index in [1.165, 1.54) is 6.08 Å². The van der Waals surface area contributed by atoms with E-state index in [0.717, 1.165) is 16.2 Å². The predicted molar refractivity (Wildman–Crippen MR) is 109 cm³/mol. The van der Waals surface area contributed by atoms with Gasteiger partial charge in [-0.3, -0.25) is 14.5 Å². The van der Waals surface area contributed by atoms with Crippen LogP contribution in [0, 0.1) is 11.3 Å². The van der Waals surface area contributed by atoms with Crippen molar-refractivity contribution in [3.8, 4) is 23.1 Å². The van der Waals surface area contributed by atoms with Crippen molar-refractivity contribution in [3.05, 3.63) is 58.9 Å². The average molecular weight is 402 g/mol. The number of hydrogen-bond donors (Lipinski definition) is 0. The lowest BCUT2D eigenvalue weighted by atomic mass is 9.95. The maximum absolute atomic E-state index is 12.7. The summed E-state index contributed by atoms with van der Waals surface area (Å²) in [5.74, 6) is 0.767. The maximum atomic E-state index is 12.7. The molecule has 0 fully saturated rings. The molecule has 0 radical (unpaired) electrons. The summed E-state index contributed by atoms with van der Waals surface area (Å²) in [4.78, 5) is 26.0. The molecule has 2 amide bonds. The molecule has 3 aromatic rings. The summed E-state index contributed by atoms with van der Waals surface area (Å²) in [5, 5.41) is 9.33. The molecule has 7 heteroatoms. The van der Waals surface area contributed by atoms with Gasteiger partial charge >= 0.3 is 0 Å². The number of likely N-dealkylation sites (N-methyl/N-ethyl adjacent to an activating group) is 1. The molecule has 0 saturated carbocycles. The normalized spacial score (nSPS) is 15.9. The van der Waals surface area contributed by atoms with Gasteiger partial charge in [-0.15, -0.1) is 0 Å². The van der Waals surface area contributed by atoms with E-state index in [0.29, 0.717) is 28.3 Å². The van der Waals surface area contributed by atoms with Crippen LogP contribution >= 0.6 is 0 Å². The summed E-state index contributed by atoms with van der Waals surface area (Å²) in [6.07, 6.45) is 1.53. The summed E-state index contributed by atoms with van der Waals surface area (Å²) in [5.41, 5.74) is 2.48. The van der Waals surface area contributed by atoms with E-state index in [-0.39, 0.29) is 17.7 Å². The first-order valence-corrected chi connectivity index (χ1v) is 9.33. The number of furan rings is 2. The fourth-order valence-corrected chi connectivity index (χ4v) is 3.38. The smallest absolute Gasteiger partial charge is 0.271 e. The van der Waals surface area contributed by atoms with E-state index in [1.54, 1.807) is 33.1 Å². The summed E-state index contributed by atoms with van der Waals surface area (Å²) in [7, 11) is 1.61. The molecular formula is C23H18N2O5. The van der Waals surface area contributed by atoms with Gasteiger partial charge in [-0.1, -0.05) is 0 Å². The fraction of sp³-hybridized carbons (Fsp3) is 0.174. The molecular weight excluding hydrogens is 384 g/mol. The number of benzene rings is 1. The number of nitrogens with zero attached hydrogens (tertiary/aromatic N) is 2. The number of amides is 2. The Morgan fingerprint density at radius 3 is 2.40 bits per heavy atom. The molecule has 3 heterocycles. The van der Waals surface area contributed by atoms with Crippen LogP contribution in [0.15, 0.2) is 62.0 Å². The number of carbonyl (C=O) groups is 2. The van der Waals surface area contributed by atoms with Gasteiger partial charge in [-0.05, 0) is 49.8 Å². The Morgan fingerprint density at radius 1 is 1.10 bits per heavy atom. The lowest BCUT2D eigenvalue weighted by Gasteiger charge is -2.25. The minimum Gasteiger partial charge on any atom is -0.497 e. The molecule has 0 saturated heterocycles.